The lowest BCUT2D eigenvalue weighted by Crippen LogP contribution is -2.41. The van der Waals surface area contributed by atoms with Crippen molar-refractivity contribution in [2.24, 2.45) is 5.92 Å². The lowest BCUT2D eigenvalue weighted by molar-refractivity contribution is 0.107. The van der Waals surface area contributed by atoms with E-state index >= 15 is 0 Å². The zero-order valence-corrected chi connectivity index (χ0v) is 12.3. The van der Waals surface area contributed by atoms with Crippen molar-refractivity contribution in [2.75, 3.05) is 12.3 Å². The number of nitrogens with zero attached hydrogens (tertiary/aromatic N) is 2. The van der Waals surface area contributed by atoms with E-state index in [9.17, 15) is 0 Å². The van der Waals surface area contributed by atoms with Crippen LogP contribution in [0.4, 0.5) is 5.69 Å². The highest BCUT2D eigenvalue weighted by atomic mass is 15.2. The van der Waals surface area contributed by atoms with Gasteiger partial charge in [-0.05, 0) is 56.0 Å². The molecule has 0 saturated carbocycles. The third-order valence-electron chi connectivity index (χ3n) is 4.76. The van der Waals surface area contributed by atoms with Crippen molar-refractivity contribution < 1.29 is 0 Å². The predicted molar refractivity (Wildman–Crippen MR) is 84.4 cm³/mol. The van der Waals surface area contributed by atoms with Crippen LogP contribution in [-0.2, 0) is 6.54 Å². The van der Waals surface area contributed by atoms with Crippen molar-refractivity contribution in [1.82, 2.24) is 9.88 Å². The molecule has 1 fully saturated rings. The molecule has 0 bridgehead atoms. The molecule has 2 N–H and O–H groups in total. The van der Waals surface area contributed by atoms with Crippen LogP contribution in [-0.4, -0.2) is 22.5 Å². The zero-order valence-electron chi connectivity index (χ0n) is 12.3. The predicted octanol–water partition coefficient (Wildman–Crippen LogP) is 3.44. The first kappa shape index (κ1) is 13.4. The summed E-state index contributed by atoms with van der Waals surface area (Å²) in [4.78, 5) is 7.12. The second-order valence-electron chi connectivity index (χ2n) is 6.04. The first-order valence-corrected chi connectivity index (χ1v) is 7.53. The van der Waals surface area contributed by atoms with Crippen LogP contribution < -0.4 is 5.73 Å². The lowest BCUT2D eigenvalue weighted by atomic mass is 9.91. The Bertz CT molecular complexity index is 608. The van der Waals surface area contributed by atoms with Crippen molar-refractivity contribution in [2.45, 2.75) is 39.3 Å². The van der Waals surface area contributed by atoms with E-state index in [2.05, 4.69) is 35.9 Å². The Balaban J connectivity index is 1.93. The largest absolute Gasteiger partial charge is 0.398 e. The number of nitrogen functional groups attached to an aromatic ring is 1. The van der Waals surface area contributed by atoms with Gasteiger partial charge in [0, 0.05) is 29.9 Å². The van der Waals surface area contributed by atoms with Gasteiger partial charge in [-0.25, -0.2) is 0 Å². The van der Waals surface area contributed by atoms with Crippen LogP contribution in [0.3, 0.4) is 0 Å². The fourth-order valence-electron chi connectivity index (χ4n) is 3.24. The van der Waals surface area contributed by atoms with Crippen LogP contribution in [0.5, 0.6) is 0 Å². The second kappa shape index (κ2) is 5.41. The number of nitrogens with two attached hydrogens (primary N) is 1. The van der Waals surface area contributed by atoms with Crippen LogP contribution in [0.1, 0.15) is 32.3 Å². The van der Waals surface area contributed by atoms with Gasteiger partial charge >= 0.3 is 0 Å². The van der Waals surface area contributed by atoms with E-state index in [1.165, 1.54) is 24.9 Å². The van der Waals surface area contributed by atoms with Crippen molar-refractivity contribution in [3.05, 3.63) is 36.0 Å². The van der Waals surface area contributed by atoms with Crippen molar-refractivity contribution in [3.8, 4) is 0 Å². The highest BCUT2D eigenvalue weighted by Crippen LogP contribution is 2.28. The molecule has 2 unspecified atom stereocenters. The summed E-state index contributed by atoms with van der Waals surface area (Å²) in [5, 5.41) is 1.07. The molecule has 3 rings (SSSR count). The number of piperidine rings is 1. The fourth-order valence-corrected chi connectivity index (χ4v) is 3.24. The molecule has 1 aliphatic heterocycles. The molecule has 2 atom stereocenters. The molecule has 3 nitrogen and oxygen atoms in total. The Hall–Kier alpha value is -1.61. The maximum absolute atomic E-state index is 6.05. The van der Waals surface area contributed by atoms with E-state index in [0.29, 0.717) is 6.04 Å². The molecule has 0 spiro atoms. The summed E-state index contributed by atoms with van der Waals surface area (Å²) < 4.78 is 0. The molecule has 1 saturated heterocycles. The smallest absolute Gasteiger partial charge is 0.0767 e. The van der Waals surface area contributed by atoms with Crippen LogP contribution >= 0.6 is 0 Å². The molecule has 0 amide bonds. The average Bonchev–Trinajstić information content (AvgIpc) is 2.47. The molecule has 2 aromatic rings. The van der Waals surface area contributed by atoms with Gasteiger partial charge in [-0.3, -0.25) is 9.88 Å². The normalized spacial score (nSPS) is 24.1. The van der Waals surface area contributed by atoms with Gasteiger partial charge in [-0.1, -0.05) is 13.0 Å². The summed E-state index contributed by atoms with van der Waals surface area (Å²) in [5.74, 6) is 0.775. The van der Waals surface area contributed by atoms with E-state index in [-0.39, 0.29) is 0 Å². The van der Waals surface area contributed by atoms with Crippen molar-refractivity contribution >= 4 is 16.6 Å². The van der Waals surface area contributed by atoms with Gasteiger partial charge in [0.2, 0.25) is 0 Å². The number of likely N-dealkylation sites (tertiary alicyclic amines) is 1. The Morgan fingerprint density at radius 2 is 2.15 bits per heavy atom. The highest BCUT2D eigenvalue weighted by molar-refractivity contribution is 5.92. The van der Waals surface area contributed by atoms with Gasteiger partial charge in [0.05, 0.1) is 5.52 Å². The Labute approximate surface area is 120 Å². The van der Waals surface area contributed by atoms with Gasteiger partial charge in [0.1, 0.15) is 0 Å². The summed E-state index contributed by atoms with van der Waals surface area (Å²) in [6.07, 6.45) is 4.50. The Kier molecular flexibility index (Phi) is 3.62. The molecule has 1 aliphatic rings. The monoisotopic (exact) mass is 269 g/mol. The minimum absolute atomic E-state index is 0.639. The second-order valence-corrected chi connectivity index (χ2v) is 6.04. The number of benzene rings is 1. The first-order valence-electron chi connectivity index (χ1n) is 7.53. The standard InChI is InChI=1S/C17H23N3/c1-12-5-4-10-20(13(12)2)11-14-7-8-16(18)15-6-3-9-19-17(14)15/h3,6-9,12-13H,4-5,10-11,18H2,1-2H3. The third kappa shape index (κ3) is 2.38. The molecule has 106 valence electrons. The molecule has 1 aromatic carbocycles. The summed E-state index contributed by atoms with van der Waals surface area (Å²) in [6, 6.07) is 8.80. The molecule has 0 aliphatic carbocycles. The molecule has 20 heavy (non-hydrogen) atoms. The quantitative estimate of drug-likeness (QED) is 0.849. The minimum atomic E-state index is 0.639. The van der Waals surface area contributed by atoms with Crippen LogP contribution in [0.2, 0.25) is 0 Å². The number of fused-ring (bicyclic) bond motifs is 1. The highest BCUT2D eigenvalue weighted by Gasteiger charge is 2.25. The van der Waals surface area contributed by atoms with Crippen LogP contribution in [0.15, 0.2) is 30.5 Å². The SMILES string of the molecule is CC1CCCN(Cc2ccc(N)c3cccnc23)C1C. The lowest BCUT2D eigenvalue weighted by Gasteiger charge is -2.38. The number of aromatic nitrogens is 1. The van der Waals surface area contributed by atoms with E-state index in [1.807, 2.05) is 18.3 Å². The molecular weight excluding hydrogens is 246 g/mol. The topological polar surface area (TPSA) is 42.1 Å². The minimum Gasteiger partial charge on any atom is -0.398 e. The number of anilines is 1. The molecule has 3 heteroatoms. The fraction of sp³-hybridized carbons (Fsp3) is 0.471. The van der Waals surface area contributed by atoms with Crippen LogP contribution in [0.25, 0.3) is 10.9 Å². The summed E-state index contributed by atoms with van der Waals surface area (Å²) in [5.41, 5.74) is 9.21. The molecule has 2 heterocycles. The van der Waals surface area contributed by atoms with Crippen LogP contribution in [0, 0.1) is 5.92 Å². The van der Waals surface area contributed by atoms with Gasteiger partial charge < -0.3 is 5.73 Å². The number of hydrogen-bond acceptors (Lipinski definition) is 3. The van der Waals surface area contributed by atoms with E-state index in [4.69, 9.17) is 5.73 Å². The first-order chi connectivity index (χ1) is 9.66. The maximum Gasteiger partial charge on any atom is 0.0767 e. The van der Waals surface area contributed by atoms with Crippen molar-refractivity contribution in [1.29, 1.82) is 0 Å². The van der Waals surface area contributed by atoms with Gasteiger partial charge in [-0.2, -0.15) is 0 Å². The number of pyridine rings is 1. The Morgan fingerprint density at radius 3 is 3.00 bits per heavy atom. The van der Waals surface area contributed by atoms with Gasteiger partial charge in [0.25, 0.3) is 0 Å². The van der Waals surface area contributed by atoms with Gasteiger partial charge in [-0.15, -0.1) is 0 Å². The molecule has 1 aromatic heterocycles. The van der Waals surface area contributed by atoms with Crippen molar-refractivity contribution in [3.63, 3.8) is 0 Å². The summed E-state index contributed by atoms with van der Waals surface area (Å²) in [7, 11) is 0. The Morgan fingerprint density at radius 1 is 1.30 bits per heavy atom. The third-order valence-corrected chi connectivity index (χ3v) is 4.76. The number of rotatable bonds is 2. The summed E-state index contributed by atoms with van der Waals surface area (Å²) in [6.45, 7) is 6.86. The number of hydrogen-bond donors (Lipinski definition) is 1. The maximum atomic E-state index is 6.05. The summed E-state index contributed by atoms with van der Waals surface area (Å²) >= 11 is 0. The van der Waals surface area contributed by atoms with Gasteiger partial charge in [0.15, 0.2) is 0 Å². The van der Waals surface area contributed by atoms with E-state index in [0.717, 1.165) is 29.1 Å². The molecule has 0 radical (unpaired) electrons. The van der Waals surface area contributed by atoms with E-state index < -0.39 is 0 Å². The van der Waals surface area contributed by atoms with E-state index in [1.54, 1.807) is 0 Å². The zero-order chi connectivity index (χ0) is 14.1. The average molecular weight is 269 g/mol. The molecular formula is C17H23N3.